The van der Waals surface area contributed by atoms with E-state index in [0.29, 0.717) is 12.8 Å². The van der Waals surface area contributed by atoms with Crippen LogP contribution in [0.5, 0.6) is 0 Å². The summed E-state index contributed by atoms with van der Waals surface area (Å²) in [5.41, 5.74) is 5.64. The van der Waals surface area contributed by atoms with Gasteiger partial charge in [-0.3, -0.25) is 9.05 Å². The molecular weight excluding hydrogens is 405 g/mol. The highest BCUT2D eigenvalue weighted by molar-refractivity contribution is 7.51. The summed E-state index contributed by atoms with van der Waals surface area (Å²) in [5, 5.41) is 0. The van der Waals surface area contributed by atoms with Crippen LogP contribution in [-0.4, -0.2) is 38.1 Å². The first kappa shape index (κ1) is 27.6. The predicted molar refractivity (Wildman–Crippen MR) is 106 cm³/mol. The number of ether oxygens (including phenoxy) is 4. The number of nitrogens with two attached hydrogens (primary N) is 1. The van der Waals surface area contributed by atoms with Crippen LogP contribution >= 0.6 is 7.75 Å². The van der Waals surface area contributed by atoms with Gasteiger partial charge in [0.2, 0.25) is 12.6 Å². The maximum absolute atomic E-state index is 12.6. The number of hydrogen-bond donors (Lipinski definition) is 1. The molecule has 0 amide bonds. The Morgan fingerprint density at radius 3 is 1.41 bits per heavy atom. The molecule has 0 aromatic heterocycles. The number of rotatable bonds is 14. The van der Waals surface area contributed by atoms with Crippen molar-refractivity contribution in [1.29, 1.82) is 0 Å². The van der Waals surface area contributed by atoms with E-state index >= 15 is 0 Å². The minimum Gasteiger partial charge on any atom is -0.434 e. The molecule has 2 atom stereocenters. The largest absolute Gasteiger partial charge is 0.510 e. The van der Waals surface area contributed by atoms with Crippen molar-refractivity contribution in [3.63, 3.8) is 0 Å². The van der Waals surface area contributed by atoms with Crippen molar-refractivity contribution in [2.24, 2.45) is 17.3 Å². The van der Waals surface area contributed by atoms with Crippen molar-refractivity contribution in [1.82, 2.24) is 0 Å². The Bertz CT molecular complexity index is 485. The van der Waals surface area contributed by atoms with Crippen molar-refractivity contribution in [2.45, 2.75) is 79.8 Å². The molecule has 0 heterocycles. The summed E-state index contributed by atoms with van der Waals surface area (Å²) < 4.78 is 42.8. The third kappa shape index (κ3) is 13.5. The fourth-order valence-electron chi connectivity index (χ4n) is 1.73. The first-order chi connectivity index (χ1) is 13.5. The molecule has 0 rings (SSSR count). The lowest BCUT2D eigenvalue weighted by Crippen LogP contribution is -2.31. The van der Waals surface area contributed by atoms with Crippen LogP contribution in [0.15, 0.2) is 0 Å². The van der Waals surface area contributed by atoms with Gasteiger partial charge in [-0.1, -0.05) is 54.4 Å². The van der Waals surface area contributed by atoms with Crippen LogP contribution in [0.4, 0.5) is 9.59 Å². The molecule has 0 radical (unpaired) electrons. The summed E-state index contributed by atoms with van der Waals surface area (Å²) in [6.07, 6.45) is -1.41. The molecule has 2 unspecified atom stereocenters. The monoisotopic (exact) mass is 441 g/mol. The van der Waals surface area contributed by atoms with Crippen LogP contribution in [0.3, 0.4) is 0 Å². The van der Waals surface area contributed by atoms with Gasteiger partial charge in [0.05, 0.1) is 13.2 Å². The molecule has 172 valence electrons. The first-order valence-electron chi connectivity index (χ1n) is 9.94. The minimum atomic E-state index is -4.25. The molecule has 0 aromatic rings. The average molecular weight is 441 g/mol. The van der Waals surface area contributed by atoms with E-state index in [1.165, 1.54) is 0 Å². The molecule has 0 aliphatic carbocycles. The summed E-state index contributed by atoms with van der Waals surface area (Å²) in [4.78, 5) is 23.5. The zero-order valence-corrected chi connectivity index (χ0v) is 19.1. The molecule has 0 saturated heterocycles. The SMILES string of the molecule is CCCCOC(=O)OC(OP(N)(=O)OC(OC(=O)OCCCC)C(C)C)C(C)C. The molecule has 0 saturated carbocycles. The summed E-state index contributed by atoms with van der Waals surface area (Å²) in [5.74, 6) is -0.793. The normalized spacial score (nSPS) is 15.5. The van der Waals surface area contributed by atoms with Crippen LogP contribution in [0.1, 0.15) is 67.2 Å². The first-order valence-corrected chi connectivity index (χ1v) is 11.6. The van der Waals surface area contributed by atoms with E-state index in [9.17, 15) is 14.2 Å². The molecule has 0 aliphatic rings. The minimum absolute atomic E-state index is 0.195. The van der Waals surface area contributed by atoms with E-state index in [2.05, 4.69) is 0 Å². The van der Waals surface area contributed by atoms with E-state index in [1.54, 1.807) is 27.7 Å². The quantitative estimate of drug-likeness (QED) is 0.171. The van der Waals surface area contributed by atoms with Crippen LogP contribution in [-0.2, 0) is 32.6 Å². The molecule has 11 heteroatoms. The number of carbonyl (C=O) groups is 2. The van der Waals surface area contributed by atoms with Crippen LogP contribution in [0, 0.1) is 11.8 Å². The second-order valence-corrected chi connectivity index (χ2v) is 8.62. The van der Waals surface area contributed by atoms with Crippen LogP contribution in [0.2, 0.25) is 0 Å². The topological polar surface area (TPSA) is 133 Å². The van der Waals surface area contributed by atoms with Crippen molar-refractivity contribution in [3.05, 3.63) is 0 Å². The van der Waals surface area contributed by atoms with Gasteiger partial charge in [0, 0.05) is 11.8 Å². The third-order valence-corrected chi connectivity index (χ3v) is 4.45. The Labute approximate surface area is 173 Å². The van der Waals surface area contributed by atoms with Gasteiger partial charge in [-0.05, 0) is 12.8 Å². The van der Waals surface area contributed by atoms with E-state index in [0.717, 1.165) is 12.8 Å². The van der Waals surface area contributed by atoms with Gasteiger partial charge < -0.3 is 18.9 Å². The molecular formula is C18H36NO9P. The number of hydrogen-bond acceptors (Lipinski definition) is 9. The smallest absolute Gasteiger partial charge is 0.434 e. The molecule has 10 nitrogen and oxygen atoms in total. The molecule has 2 N–H and O–H groups in total. The fourth-order valence-corrected chi connectivity index (χ4v) is 2.93. The zero-order valence-electron chi connectivity index (χ0n) is 18.3. The molecule has 29 heavy (non-hydrogen) atoms. The van der Waals surface area contributed by atoms with Gasteiger partial charge in [0.15, 0.2) is 0 Å². The zero-order chi connectivity index (χ0) is 22.4. The Balaban J connectivity index is 4.86. The number of carbonyl (C=O) groups excluding carboxylic acids is 2. The fraction of sp³-hybridized carbons (Fsp3) is 0.889. The second kappa shape index (κ2) is 14.6. The van der Waals surface area contributed by atoms with Crippen molar-refractivity contribution in [2.75, 3.05) is 13.2 Å². The highest BCUT2D eigenvalue weighted by Gasteiger charge is 2.35. The lowest BCUT2D eigenvalue weighted by Gasteiger charge is -2.27. The van der Waals surface area contributed by atoms with E-state index in [-0.39, 0.29) is 13.2 Å². The molecule has 0 aliphatic heterocycles. The Morgan fingerprint density at radius 2 is 1.14 bits per heavy atom. The van der Waals surface area contributed by atoms with Crippen LogP contribution < -0.4 is 5.50 Å². The predicted octanol–water partition coefficient (Wildman–Crippen LogP) is 4.96. The summed E-state index contributed by atoms with van der Waals surface area (Å²) >= 11 is 0. The standard InChI is InChI=1S/C18H36NO9P/c1-7-9-11-23-17(20)25-15(13(3)4)27-29(19,22)28-16(14(5)6)26-18(21)24-12-10-8-2/h13-16H,7-12H2,1-6H3,(H2,19,22). The Hall–Kier alpha value is -1.35. The summed E-state index contributed by atoms with van der Waals surface area (Å²) in [6.45, 7) is 11.0. The van der Waals surface area contributed by atoms with Crippen molar-refractivity contribution >= 4 is 20.1 Å². The van der Waals surface area contributed by atoms with Gasteiger partial charge >= 0.3 is 20.1 Å². The van der Waals surface area contributed by atoms with E-state index < -0.39 is 44.5 Å². The molecule has 0 fully saturated rings. The summed E-state index contributed by atoms with van der Waals surface area (Å²) in [7, 11) is -4.25. The Kier molecular flexibility index (Phi) is 13.9. The van der Waals surface area contributed by atoms with E-state index in [4.69, 9.17) is 33.5 Å². The van der Waals surface area contributed by atoms with Crippen molar-refractivity contribution in [3.8, 4) is 0 Å². The number of unbranched alkanes of at least 4 members (excludes halogenated alkanes) is 2. The maximum Gasteiger partial charge on any atom is 0.510 e. The molecule has 0 aromatic carbocycles. The van der Waals surface area contributed by atoms with Gasteiger partial charge in [-0.2, -0.15) is 0 Å². The van der Waals surface area contributed by atoms with Crippen LogP contribution in [0.25, 0.3) is 0 Å². The lowest BCUT2D eigenvalue weighted by molar-refractivity contribution is -0.122. The van der Waals surface area contributed by atoms with E-state index in [1.807, 2.05) is 13.8 Å². The van der Waals surface area contributed by atoms with Gasteiger partial charge in [0.25, 0.3) is 0 Å². The van der Waals surface area contributed by atoms with Gasteiger partial charge in [-0.25, -0.2) is 19.7 Å². The molecule has 0 spiro atoms. The van der Waals surface area contributed by atoms with Crippen molar-refractivity contribution < 1.29 is 42.1 Å². The highest BCUT2D eigenvalue weighted by Crippen LogP contribution is 2.44. The highest BCUT2D eigenvalue weighted by atomic mass is 31.2. The van der Waals surface area contributed by atoms with Gasteiger partial charge in [-0.15, -0.1) is 0 Å². The summed E-state index contributed by atoms with van der Waals surface area (Å²) in [6, 6.07) is 0. The Morgan fingerprint density at radius 1 is 0.793 bits per heavy atom. The average Bonchev–Trinajstić information content (AvgIpc) is 2.60. The lowest BCUT2D eigenvalue weighted by atomic mass is 10.2. The maximum atomic E-state index is 12.6. The van der Waals surface area contributed by atoms with Gasteiger partial charge in [0.1, 0.15) is 0 Å². The third-order valence-electron chi connectivity index (χ3n) is 3.45. The molecule has 0 bridgehead atoms. The second-order valence-electron chi connectivity index (χ2n) is 7.12.